The van der Waals surface area contributed by atoms with Crippen LogP contribution in [0.15, 0.2) is 48.5 Å². The summed E-state index contributed by atoms with van der Waals surface area (Å²) in [5.41, 5.74) is 3.84. The summed E-state index contributed by atoms with van der Waals surface area (Å²) >= 11 is 6.08. The van der Waals surface area contributed by atoms with Gasteiger partial charge in [0.1, 0.15) is 5.82 Å². The highest BCUT2D eigenvalue weighted by Crippen LogP contribution is 2.30. The maximum Gasteiger partial charge on any atom is 0.228 e. The Morgan fingerprint density at radius 1 is 0.947 bits per heavy atom. The molecule has 2 saturated heterocycles. The number of benzene rings is 2. The van der Waals surface area contributed by atoms with Gasteiger partial charge < -0.3 is 25.2 Å². The van der Waals surface area contributed by atoms with Gasteiger partial charge in [-0.3, -0.25) is 4.68 Å². The van der Waals surface area contributed by atoms with Crippen LogP contribution in [0.5, 0.6) is 0 Å². The van der Waals surface area contributed by atoms with Gasteiger partial charge in [-0.1, -0.05) is 17.7 Å². The van der Waals surface area contributed by atoms with Gasteiger partial charge >= 0.3 is 0 Å². The lowest BCUT2D eigenvalue weighted by molar-refractivity contribution is 0.122. The first-order chi connectivity index (χ1) is 18.6. The molecular formula is C28H33ClN8O. The van der Waals surface area contributed by atoms with Gasteiger partial charge in [-0.25, -0.2) is 4.98 Å². The van der Waals surface area contributed by atoms with E-state index in [1.165, 1.54) is 25.9 Å². The number of nitrogens with zero attached hydrogens (tertiary/aromatic N) is 6. The molecular weight excluding hydrogens is 500 g/mol. The van der Waals surface area contributed by atoms with Crippen molar-refractivity contribution in [1.82, 2.24) is 24.6 Å². The molecule has 6 rings (SSSR count). The fourth-order valence-electron chi connectivity index (χ4n) is 5.12. The van der Waals surface area contributed by atoms with Crippen LogP contribution in [0.2, 0.25) is 5.02 Å². The number of aromatic nitrogens is 4. The van der Waals surface area contributed by atoms with Crippen LogP contribution in [0, 0.1) is 0 Å². The van der Waals surface area contributed by atoms with Crippen molar-refractivity contribution in [2.45, 2.75) is 12.8 Å². The quantitative estimate of drug-likeness (QED) is 0.336. The molecule has 0 spiro atoms. The lowest BCUT2D eigenvalue weighted by atomic mass is 10.1. The third kappa shape index (κ3) is 5.55. The zero-order valence-electron chi connectivity index (χ0n) is 21.7. The molecule has 4 heterocycles. The number of anilines is 4. The van der Waals surface area contributed by atoms with Crippen LogP contribution in [0.4, 0.5) is 23.3 Å². The minimum absolute atomic E-state index is 0.669. The van der Waals surface area contributed by atoms with E-state index in [9.17, 15) is 0 Å². The molecule has 0 unspecified atom stereocenters. The summed E-state index contributed by atoms with van der Waals surface area (Å²) in [6, 6.07) is 16.0. The molecule has 0 atom stereocenters. The molecule has 2 aliphatic rings. The van der Waals surface area contributed by atoms with Crippen molar-refractivity contribution >= 4 is 45.8 Å². The Morgan fingerprint density at radius 3 is 2.53 bits per heavy atom. The summed E-state index contributed by atoms with van der Waals surface area (Å²) < 4.78 is 7.49. The average Bonchev–Trinajstić information content (AvgIpc) is 3.58. The van der Waals surface area contributed by atoms with Crippen LogP contribution in [0.25, 0.3) is 22.2 Å². The number of rotatable bonds is 8. The molecule has 10 heteroatoms. The van der Waals surface area contributed by atoms with Crippen molar-refractivity contribution in [1.29, 1.82) is 0 Å². The van der Waals surface area contributed by atoms with Crippen LogP contribution < -0.4 is 15.5 Å². The molecule has 0 amide bonds. The summed E-state index contributed by atoms with van der Waals surface area (Å²) in [6.45, 7) is 7.20. The first kappa shape index (κ1) is 24.9. The van der Waals surface area contributed by atoms with Gasteiger partial charge in [0.25, 0.3) is 0 Å². The van der Waals surface area contributed by atoms with Crippen LogP contribution >= 0.6 is 11.6 Å². The molecule has 0 radical (unpaired) electrons. The monoisotopic (exact) mass is 532 g/mol. The third-order valence-corrected chi connectivity index (χ3v) is 7.44. The van der Waals surface area contributed by atoms with E-state index in [0.29, 0.717) is 24.2 Å². The lowest BCUT2D eigenvalue weighted by Crippen LogP contribution is -2.37. The number of aryl methyl sites for hydroxylation is 1. The van der Waals surface area contributed by atoms with Crippen molar-refractivity contribution < 1.29 is 4.74 Å². The van der Waals surface area contributed by atoms with Gasteiger partial charge in [-0.15, -0.1) is 0 Å². The predicted molar refractivity (Wildman–Crippen MR) is 154 cm³/mol. The second kappa shape index (κ2) is 11.1. The lowest BCUT2D eigenvalue weighted by Gasteiger charge is -2.27. The number of hydrogen-bond donors (Lipinski definition) is 2. The molecule has 2 aliphatic heterocycles. The molecule has 198 valence electrons. The van der Waals surface area contributed by atoms with Gasteiger partial charge in [-0.2, -0.15) is 10.1 Å². The van der Waals surface area contributed by atoms with Crippen molar-refractivity contribution in [2.24, 2.45) is 7.05 Å². The molecule has 2 fully saturated rings. The maximum absolute atomic E-state index is 6.08. The van der Waals surface area contributed by atoms with Gasteiger partial charge in [0, 0.05) is 61.0 Å². The van der Waals surface area contributed by atoms with E-state index in [0.717, 1.165) is 65.7 Å². The molecule has 2 aromatic carbocycles. The average molecular weight is 533 g/mol. The van der Waals surface area contributed by atoms with Crippen molar-refractivity contribution in [3.63, 3.8) is 0 Å². The molecule has 0 saturated carbocycles. The van der Waals surface area contributed by atoms with Gasteiger partial charge in [-0.05, 0) is 62.3 Å². The number of nitrogens with one attached hydrogen (secondary N) is 2. The van der Waals surface area contributed by atoms with E-state index in [4.69, 9.17) is 31.4 Å². The molecule has 2 aromatic heterocycles. The minimum Gasteiger partial charge on any atom is -0.378 e. The predicted octanol–water partition coefficient (Wildman–Crippen LogP) is 4.77. The van der Waals surface area contributed by atoms with E-state index in [2.05, 4.69) is 38.6 Å². The molecule has 38 heavy (non-hydrogen) atoms. The van der Waals surface area contributed by atoms with E-state index >= 15 is 0 Å². The van der Waals surface area contributed by atoms with Crippen molar-refractivity contribution in [3.05, 3.63) is 53.6 Å². The van der Waals surface area contributed by atoms with E-state index < -0.39 is 0 Å². The van der Waals surface area contributed by atoms with E-state index in [1.54, 1.807) is 0 Å². The Kier molecular flexibility index (Phi) is 7.31. The summed E-state index contributed by atoms with van der Waals surface area (Å²) in [6.07, 6.45) is 2.62. The highest BCUT2D eigenvalue weighted by atomic mass is 35.5. The third-order valence-electron chi connectivity index (χ3n) is 7.19. The topological polar surface area (TPSA) is 83.4 Å². The highest BCUT2D eigenvalue weighted by Gasteiger charge is 2.18. The zero-order chi connectivity index (χ0) is 25.9. The standard InChI is InChI=1S/C28H33ClN8O/c1-35-25-18-20(4-9-23(25)27(34-35)30-10-13-36-11-2-3-12-36)24-19-26(31-22-7-5-21(29)6-8-22)33-28(32-24)37-14-16-38-17-15-37/h4-9,18-19H,2-3,10-17H2,1H3,(H,30,34)(H,31,32,33). The Balaban J connectivity index is 1.29. The van der Waals surface area contributed by atoms with Gasteiger partial charge in [0.15, 0.2) is 5.82 Å². The van der Waals surface area contributed by atoms with Crippen LogP contribution in [0.3, 0.4) is 0 Å². The first-order valence-corrected chi connectivity index (χ1v) is 13.7. The van der Waals surface area contributed by atoms with Gasteiger partial charge in [0.2, 0.25) is 5.95 Å². The van der Waals surface area contributed by atoms with E-state index in [1.807, 2.05) is 42.1 Å². The first-order valence-electron chi connectivity index (χ1n) is 13.3. The smallest absolute Gasteiger partial charge is 0.228 e. The SMILES string of the molecule is Cn1nc(NCCN2CCCC2)c2ccc(-c3cc(Nc4ccc(Cl)cc4)nc(N4CCOCC4)n3)cc21. The normalized spacial score (nSPS) is 16.3. The van der Waals surface area contributed by atoms with Crippen molar-refractivity contribution in [3.8, 4) is 11.3 Å². The Bertz CT molecular complexity index is 1390. The fraction of sp³-hybridized carbons (Fsp3) is 0.393. The van der Waals surface area contributed by atoms with Gasteiger partial charge in [0.05, 0.1) is 24.4 Å². The second-order valence-corrected chi connectivity index (χ2v) is 10.3. The largest absolute Gasteiger partial charge is 0.378 e. The van der Waals surface area contributed by atoms with Crippen LogP contribution in [-0.4, -0.2) is 77.1 Å². The molecule has 9 nitrogen and oxygen atoms in total. The minimum atomic E-state index is 0.669. The molecule has 0 aliphatic carbocycles. The van der Waals surface area contributed by atoms with E-state index in [-0.39, 0.29) is 0 Å². The van der Waals surface area contributed by atoms with Crippen LogP contribution in [-0.2, 0) is 11.8 Å². The zero-order valence-corrected chi connectivity index (χ0v) is 22.4. The number of ether oxygens (including phenoxy) is 1. The summed E-state index contributed by atoms with van der Waals surface area (Å²) in [4.78, 5) is 14.5. The summed E-state index contributed by atoms with van der Waals surface area (Å²) in [5.74, 6) is 2.35. The molecule has 0 bridgehead atoms. The molecule has 4 aromatic rings. The Hall–Kier alpha value is -3.40. The summed E-state index contributed by atoms with van der Waals surface area (Å²) in [5, 5.41) is 13.5. The maximum atomic E-state index is 6.08. The Labute approximate surface area is 227 Å². The highest BCUT2D eigenvalue weighted by molar-refractivity contribution is 6.30. The number of halogens is 1. The number of likely N-dealkylation sites (tertiary alicyclic amines) is 1. The number of hydrogen-bond acceptors (Lipinski definition) is 8. The second-order valence-electron chi connectivity index (χ2n) is 9.85. The number of morpholine rings is 1. The number of fused-ring (bicyclic) bond motifs is 1. The van der Waals surface area contributed by atoms with Crippen LogP contribution in [0.1, 0.15) is 12.8 Å². The Morgan fingerprint density at radius 2 is 1.74 bits per heavy atom. The fourth-order valence-corrected chi connectivity index (χ4v) is 5.24. The summed E-state index contributed by atoms with van der Waals surface area (Å²) in [7, 11) is 1.99. The molecule has 2 N–H and O–H groups in total. The van der Waals surface area contributed by atoms with Crippen molar-refractivity contribution in [2.75, 3.05) is 68.0 Å².